The van der Waals surface area contributed by atoms with E-state index < -0.39 is 298 Å². The molecule has 0 aliphatic carbocycles. The fourth-order valence-electron chi connectivity index (χ4n) is 14.5. The van der Waals surface area contributed by atoms with Gasteiger partial charge in [0, 0.05) is 79.8 Å². The molecule has 38 N–H and O–H groups in total. The summed E-state index contributed by atoms with van der Waals surface area (Å²) in [5, 5.41) is 165. The van der Waals surface area contributed by atoms with Crippen molar-refractivity contribution in [2.45, 2.75) is 207 Å². The molecule has 0 aliphatic heterocycles. The lowest BCUT2D eigenvalue weighted by molar-refractivity contribution is -0.142. The highest BCUT2D eigenvalue weighted by molar-refractivity contribution is 7.98. The molecule has 4 aromatic carbocycles. The number of phenolic OH excluding ortho intramolecular Hbond substituents is 3. The van der Waals surface area contributed by atoms with Gasteiger partial charge in [0.15, 0.2) is 5.96 Å². The van der Waals surface area contributed by atoms with Crippen molar-refractivity contribution in [3.63, 3.8) is 0 Å². The molecule has 6 rings (SSSR count). The summed E-state index contributed by atoms with van der Waals surface area (Å²) in [5.74, 6) is -24.6. The minimum atomic E-state index is -2.16. The van der Waals surface area contributed by atoms with Crippen molar-refractivity contribution in [1.29, 1.82) is 5.41 Å². The Balaban J connectivity index is 1.12. The fraction of sp³-hybridized carbons (Fsp3) is 0.473. The summed E-state index contributed by atoms with van der Waals surface area (Å²) in [4.78, 5) is 274. The summed E-state index contributed by atoms with van der Waals surface area (Å²) in [6.45, 7) is -2.66. The molecule has 150 heavy (non-hydrogen) atoms. The van der Waals surface area contributed by atoms with E-state index >= 15 is 0 Å². The fourth-order valence-corrected chi connectivity index (χ4v) is 15.2. The maximum absolute atomic E-state index is 14.9. The number of primary amides is 1. The number of carboxylic acids is 1. The average molecular weight is 2140 g/mol. The number of imidazole rings is 1. The topological polar surface area (TPSA) is 910 Å². The third-order valence-electron chi connectivity index (χ3n) is 23.0. The van der Waals surface area contributed by atoms with Crippen LogP contribution in [0.5, 0.6) is 17.2 Å². The Morgan fingerprint density at radius 2 is 0.740 bits per heavy atom. The Kier molecular flexibility index (Phi) is 51.0. The van der Waals surface area contributed by atoms with Crippen LogP contribution in [0.15, 0.2) is 116 Å². The lowest BCUT2D eigenvalue weighted by Crippen LogP contribution is -2.63. The maximum Gasteiger partial charge on any atom is 0.326 e. The van der Waals surface area contributed by atoms with Crippen LogP contribution in [0.1, 0.15) is 87.7 Å². The van der Waals surface area contributed by atoms with E-state index in [2.05, 4.69) is 118 Å². The third-order valence-corrected chi connectivity index (χ3v) is 24.1. The number of nitrogens with zero attached hydrogens (tertiary/aromatic N) is 1. The molecule has 6 aromatic rings. The zero-order chi connectivity index (χ0) is 111. The van der Waals surface area contributed by atoms with Crippen LogP contribution in [0.25, 0.3) is 10.9 Å². The molecule has 0 spiro atoms. The number of aromatic hydroxyl groups is 3. The second kappa shape index (κ2) is 62.0. The molecule has 820 valence electrons. The van der Waals surface area contributed by atoms with E-state index in [1.807, 2.05) is 5.32 Å². The lowest BCUT2D eigenvalue weighted by atomic mass is 10.0. The molecule has 19 atom stereocenters. The predicted molar refractivity (Wildman–Crippen MR) is 537 cm³/mol. The molecule has 0 radical (unpaired) electrons. The van der Waals surface area contributed by atoms with Crippen LogP contribution < -0.4 is 113 Å². The molecule has 0 aliphatic rings. The number of para-hydroxylation sites is 1. The standard InChI is InChI=1S/C93H131N25O30S2/c1-44(2)73(117-88(143)70(40-123)112-78(133)59(24-25-72(95)129)104-84(139)66(36-119)111-75(130)45(3)102-77(132)58(11-8-27-99-93(96)97)103-76(131)56(94)42-149)90(145)115-71(41-124)89(144)118-74(46(4)125)91(146)116-69(39-122)87(142)114-68(38-121)86(141)107-62(30-48-14-20-53(127)21-15-48)81(136)113-67(37-120)85(140)106-61(29-47-12-18-52(126)19-13-47)80(135)105-60(26-28-150-5)79(134)109-64(33-51-35-98-43-101-51)83(138)108-63(32-50-34-100-57-10-7-6-9-55(50)57)82(137)110-65(92(147)148)31-49-16-22-54(128)23-17-49/h6-7,9-10,12-23,34-35,43-46,56,58-71,73-74,100,119-128,149H,8,11,24-33,36-42,94H2,1-5H3,(H2,95,129)(H,98,101)(H,102,132)(H,103,131)(H,104,139)(H,105,135)(H,106,140)(H,107,141)(H,108,138)(H,109,134)(H,110,137)(H,111,130)(H,112,133)(H,113,136)(H,114,142)(H,115,145)(H,116,146)(H,117,143)(H,118,144)(H,147,148)(H4,96,97,99)/t45-,46+,56-,58-,59-,60-,61-,62-,63-,64-,65-,66-,67-,68-,69-,70-,71-,73-,74-/m0/s1. The first-order valence-electron chi connectivity index (χ1n) is 47.0. The van der Waals surface area contributed by atoms with Gasteiger partial charge in [0.2, 0.25) is 106 Å². The number of thiol groups is 1. The number of hydrogen-bond donors (Lipinski definition) is 36. The largest absolute Gasteiger partial charge is 0.508 e. The third kappa shape index (κ3) is 40.0. The van der Waals surface area contributed by atoms with Crippen LogP contribution in [0.3, 0.4) is 0 Å². The Bertz CT molecular complexity index is 5600. The number of hydrogen-bond acceptors (Lipinski definition) is 34. The van der Waals surface area contributed by atoms with Gasteiger partial charge >= 0.3 is 5.97 Å². The van der Waals surface area contributed by atoms with Crippen molar-refractivity contribution >= 4 is 154 Å². The molecule has 0 unspecified atom stereocenters. The molecule has 2 aromatic heterocycles. The van der Waals surface area contributed by atoms with E-state index in [0.29, 0.717) is 22.0 Å². The number of H-pyrrole nitrogens is 2. The highest BCUT2D eigenvalue weighted by Crippen LogP contribution is 2.22. The number of nitrogens with two attached hydrogens (primary N) is 3. The average Bonchev–Trinajstić information content (AvgIpc) is 1.68. The zero-order valence-corrected chi connectivity index (χ0v) is 83.9. The molecular formula is C93H131N25O30S2. The number of rotatable bonds is 64. The van der Waals surface area contributed by atoms with Crippen LogP contribution in [0, 0.1) is 11.3 Å². The van der Waals surface area contributed by atoms with E-state index in [-0.39, 0.29) is 96.6 Å². The van der Waals surface area contributed by atoms with Crippen molar-refractivity contribution in [2.75, 3.05) is 63.9 Å². The Hall–Kier alpha value is -15.4. The smallest absolute Gasteiger partial charge is 0.326 e. The Labute approximate surface area is 867 Å². The molecule has 55 nitrogen and oxygen atoms in total. The van der Waals surface area contributed by atoms with E-state index in [9.17, 15) is 147 Å². The van der Waals surface area contributed by atoms with Crippen LogP contribution >= 0.6 is 24.4 Å². The lowest BCUT2D eigenvalue weighted by Gasteiger charge is -2.29. The van der Waals surface area contributed by atoms with Gasteiger partial charge in [-0.2, -0.15) is 24.4 Å². The number of benzene rings is 4. The van der Waals surface area contributed by atoms with Crippen molar-refractivity contribution in [3.05, 3.63) is 144 Å². The number of fused-ring (bicyclic) bond motifs is 1. The van der Waals surface area contributed by atoms with Crippen LogP contribution in [0.2, 0.25) is 0 Å². The van der Waals surface area contributed by atoms with Crippen LogP contribution in [0.4, 0.5) is 0 Å². The highest BCUT2D eigenvalue weighted by Gasteiger charge is 2.41. The quantitative estimate of drug-likeness (QED) is 0.00730. The van der Waals surface area contributed by atoms with E-state index in [1.54, 1.807) is 36.7 Å². The second-order valence-electron chi connectivity index (χ2n) is 35.0. The van der Waals surface area contributed by atoms with E-state index in [4.69, 9.17) is 22.6 Å². The van der Waals surface area contributed by atoms with Gasteiger partial charge in [-0.25, -0.2) is 9.78 Å². The van der Waals surface area contributed by atoms with Gasteiger partial charge in [0.1, 0.15) is 120 Å². The zero-order valence-electron chi connectivity index (χ0n) is 82.2. The van der Waals surface area contributed by atoms with Crippen molar-refractivity contribution in [1.82, 2.24) is 111 Å². The van der Waals surface area contributed by atoms with E-state index in [0.717, 1.165) is 6.92 Å². The first kappa shape index (κ1) is 123. The molecule has 57 heteroatoms. The number of thioether (sulfide) groups is 1. The summed E-state index contributed by atoms with van der Waals surface area (Å²) in [7, 11) is 0. The molecule has 0 saturated heterocycles. The monoisotopic (exact) mass is 2140 g/mol. The highest BCUT2D eigenvalue weighted by atomic mass is 32.2. The number of aromatic nitrogens is 3. The molecule has 2 heterocycles. The number of carbonyl (C=O) groups is 19. The number of aliphatic hydroxyl groups excluding tert-OH is 7. The number of aliphatic carboxylic acids is 1. The predicted octanol–water partition coefficient (Wildman–Crippen LogP) is -11.6. The molecule has 0 bridgehead atoms. The minimum absolute atomic E-state index is 0.0614. The molecule has 0 saturated carbocycles. The first-order chi connectivity index (χ1) is 71.2. The van der Waals surface area contributed by atoms with Gasteiger partial charge in [0.05, 0.1) is 58.1 Å². The minimum Gasteiger partial charge on any atom is -0.508 e. The Morgan fingerprint density at radius 1 is 0.400 bits per heavy atom. The van der Waals surface area contributed by atoms with Gasteiger partial charge in [-0.15, -0.1) is 0 Å². The van der Waals surface area contributed by atoms with Gasteiger partial charge in [-0.3, -0.25) is 91.7 Å². The van der Waals surface area contributed by atoms with Gasteiger partial charge in [-0.1, -0.05) is 68.4 Å². The SMILES string of the molecule is CSCC[C@H](NC(=O)[C@H](Cc1ccc(O)cc1)NC(=O)[C@H](CO)NC(=O)[C@H](Cc1ccc(O)cc1)NC(=O)[C@H](CO)NC(=O)[C@H](CO)NC(=O)[C@@H](NC(=O)[C@H](CO)NC(=O)[C@@H](NC(=O)[C@H](CO)NC(=O)[C@H](CCC(N)=O)NC(=O)[C@H](CO)NC(=O)[C@H](C)NC(=O)[C@H](CCCNC(=N)N)NC(=O)[C@@H](N)CS)C(C)C)[C@@H](C)O)C(=O)N[C@@H](Cc1cnc[nH]1)C(=O)N[C@@H](Cc1c[nH]c2ccccc12)C(=O)N[C@@H](Cc1ccc(O)cc1)C(=O)O. The number of aromatic amines is 2. The van der Waals surface area contributed by atoms with Crippen LogP contribution in [-0.4, -0.2) is 368 Å². The van der Waals surface area contributed by atoms with E-state index in [1.165, 1.54) is 118 Å². The first-order valence-corrected chi connectivity index (χ1v) is 49.0. The van der Waals surface area contributed by atoms with Gasteiger partial charge in [0.25, 0.3) is 0 Å². The number of amides is 18. The van der Waals surface area contributed by atoms with Crippen molar-refractivity contribution < 1.29 is 147 Å². The Morgan fingerprint density at radius 3 is 1.13 bits per heavy atom. The summed E-state index contributed by atoms with van der Waals surface area (Å²) >= 11 is 5.22. The summed E-state index contributed by atoms with van der Waals surface area (Å²) < 4.78 is 0. The number of phenols is 3. The molecule has 18 amide bonds. The number of aliphatic hydroxyl groups is 7. The molecular weight excluding hydrogens is 2010 g/mol. The maximum atomic E-state index is 14.9. The van der Waals surface area contributed by atoms with Gasteiger partial charge < -0.3 is 179 Å². The summed E-state index contributed by atoms with van der Waals surface area (Å²) in [6, 6.07) is -9.08. The van der Waals surface area contributed by atoms with Crippen molar-refractivity contribution in [2.24, 2.45) is 23.1 Å². The van der Waals surface area contributed by atoms with Crippen molar-refractivity contribution in [3.8, 4) is 17.2 Å². The summed E-state index contributed by atoms with van der Waals surface area (Å²) in [6.07, 6.45) is 0.886. The van der Waals surface area contributed by atoms with Gasteiger partial charge in [-0.05, 0) is 122 Å². The summed E-state index contributed by atoms with van der Waals surface area (Å²) in [5.41, 5.74) is 18.8. The number of nitrogens with one attached hydrogen (secondary N) is 21. The number of carbonyl (C=O) groups excluding carboxylic acids is 18. The normalized spacial score (nSPS) is 15.0. The number of carboxylic acid groups (broad SMARTS) is 1. The number of guanidine groups is 1. The molecule has 0 fully saturated rings. The second-order valence-corrected chi connectivity index (χ2v) is 36.3. The van der Waals surface area contributed by atoms with Crippen LogP contribution in [-0.2, 0) is 123 Å².